The lowest BCUT2D eigenvalue weighted by Crippen LogP contribution is -2.44. The van der Waals surface area contributed by atoms with Gasteiger partial charge in [0, 0.05) is 55.3 Å². The molecule has 15 nitrogen and oxygen atoms in total. The standard InChI is InChI=1S/C32H44N4O11SSi/c1-22(37)46-29(16-33-30(38)44-18-23-7-11-25(12-8-23)35(40)41)21-48-20-27-15-28(47-49(5,6)32(2,3)4)17-34(27)31(39)45-19-24-9-13-26(14-10-24)36(42)43/h7-14,27-29H,15-21H2,1-6H3,(H,33,38)/t27-,28+,29?/m0/s1. The number of rotatable bonds is 15. The summed E-state index contributed by atoms with van der Waals surface area (Å²) in [6.07, 6.45) is -1.58. The molecule has 0 aromatic heterocycles. The highest BCUT2D eigenvalue weighted by Gasteiger charge is 2.44. The highest BCUT2D eigenvalue weighted by molar-refractivity contribution is 7.99. The number of benzene rings is 2. The number of nitrogens with one attached hydrogen (secondary N) is 1. The number of nitro groups is 2. The van der Waals surface area contributed by atoms with Gasteiger partial charge in [0.15, 0.2) is 8.32 Å². The van der Waals surface area contributed by atoms with Crippen LogP contribution in [0.25, 0.3) is 0 Å². The molecule has 268 valence electrons. The van der Waals surface area contributed by atoms with Gasteiger partial charge < -0.3 is 28.9 Å². The van der Waals surface area contributed by atoms with Gasteiger partial charge in [-0.1, -0.05) is 20.8 Å². The van der Waals surface area contributed by atoms with Crippen molar-refractivity contribution in [1.29, 1.82) is 0 Å². The maximum atomic E-state index is 13.3. The minimum Gasteiger partial charge on any atom is -0.460 e. The molecule has 1 unspecified atom stereocenters. The fourth-order valence-corrected chi connectivity index (χ4v) is 7.22. The van der Waals surface area contributed by atoms with Crippen LogP contribution in [0.1, 0.15) is 45.2 Å². The van der Waals surface area contributed by atoms with E-state index >= 15 is 0 Å². The average Bonchev–Trinajstić information content (AvgIpc) is 3.42. The zero-order valence-corrected chi connectivity index (χ0v) is 30.4. The lowest BCUT2D eigenvalue weighted by molar-refractivity contribution is -0.385. The molecular formula is C32H44N4O11SSi. The molecule has 1 saturated heterocycles. The molecule has 3 atom stereocenters. The van der Waals surface area contributed by atoms with Crippen LogP contribution in [0.5, 0.6) is 0 Å². The number of thioether (sulfide) groups is 1. The third-order valence-electron chi connectivity index (χ3n) is 8.33. The number of ether oxygens (including phenoxy) is 3. The highest BCUT2D eigenvalue weighted by atomic mass is 32.2. The topological polar surface area (TPSA) is 190 Å². The Morgan fingerprint density at radius 3 is 1.98 bits per heavy atom. The first-order valence-electron chi connectivity index (χ1n) is 15.7. The number of nitrogens with zero attached hydrogens (tertiary/aromatic N) is 3. The van der Waals surface area contributed by atoms with Gasteiger partial charge in [-0.05, 0) is 59.9 Å². The Morgan fingerprint density at radius 1 is 0.959 bits per heavy atom. The first-order chi connectivity index (χ1) is 22.9. The molecule has 2 amide bonds. The van der Waals surface area contributed by atoms with Gasteiger partial charge in [-0.2, -0.15) is 11.8 Å². The van der Waals surface area contributed by atoms with Gasteiger partial charge in [-0.3, -0.25) is 25.0 Å². The summed E-state index contributed by atoms with van der Waals surface area (Å²) in [6.45, 7) is 12.2. The number of amides is 2. The van der Waals surface area contributed by atoms with Crippen LogP contribution in [0.15, 0.2) is 48.5 Å². The predicted octanol–water partition coefficient (Wildman–Crippen LogP) is 6.20. The van der Waals surface area contributed by atoms with E-state index in [-0.39, 0.29) is 48.3 Å². The van der Waals surface area contributed by atoms with Crippen molar-refractivity contribution in [2.75, 3.05) is 24.6 Å². The van der Waals surface area contributed by atoms with Crippen molar-refractivity contribution in [1.82, 2.24) is 10.2 Å². The second kappa shape index (κ2) is 17.4. The van der Waals surface area contributed by atoms with E-state index in [9.17, 15) is 34.6 Å². The second-order valence-electron chi connectivity index (χ2n) is 13.2. The van der Waals surface area contributed by atoms with E-state index in [1.165, 1.54) is 55.1 Å². The molecule has 3 rings (SSSR count). The predicted molar refractivity (Wildman–Crippen MR) is 185 cm³/mol. The fourth-order valence-electron chi connectivity index (χ4n) is 4.69. The van der Waals surface area contributed by atoms with Gasteiger partial charge in [0.05, 0.1) is 22.5 Å². The van der Waals surface area contributed by atoms with Crippen LogP contribution in [0.4, 0.5) is 21.0 Å². The van der Waals surface area contributed by atoms with Crippen LogP contribution >= 0.6 is 11.8 Å². The third-order valence-corrected chi connectivity index (χ3v) is 14.1. The summed E-state index contributed by atoms with van der Waals surface area (Å²) >= 11 is 1.45. The van der Waals surface area contributed by atoms with E-state index in [0.29, 0.717) is 35.6 Å². The molecule has 0 bridgehead atoms. The highest BCUT2D eigenvalue weighted by Crippen LogP contribution is 2.39. The van der Waals surface area contributed by atoms with Crippen molar-refractivity contribution >= 4 is 49.6 Å². The van der Waals surface area contributed by atoms with E-state index in [1.807, 2.05) is 0 Å². The van der Waals surface area contributed by atoms with Gasteiger partial charge in [0.1, 0.15) is 19.3 Å². The second-order valence-corrected chi connectivity index (χ2v) is 19.0. The van der Waals surface area contributed by atoms with Gasteiger partial charge in [-0.25, -0.2) is 9.59 Å². The van der Waals surface area contributed by atoms with Crippen molar-refractivity contribution in [3.63, 3.8) is 0 Å². The number of hydrogen-bond acceptors (Lipinski definition) is 12. The fraction of sp³-hybridized carbons (Fsp3) is 0.531. The van der Waals surface area contributed by atoms with Crippen LogP contribution in [-0.2, 0) is 36.6 Å². The number of nitro benzene ring substituents is 2. The Morgan fingerprint density at radius 2 is 1.49 bits per heavy atom. The minimum atomic E-state index is -2.15. The number of carbonyl (C=O) groups excluding carboxylic acids is 3. The number of alkyl carbamates (subject to hydrolysis) is 1. The first-order valence-corrected chi connectivity index (χ1v) is 19.7. The average molecular weight is 721 g/mol. The number of esters is 1. The van der Waals surface area contributed by atoms with E-state index in [1.54, 1.807) is 17.0 Å². The molecule has 0 radical (unpaired) electrons. The third kappa shape index (κ3) is 12.3. The Labute approximate surface area is 290 Å². The zero-order chi connectivity index (χ0) is 36.4. The van der Waals surface area contributed by atoms with Crippen molar-refractivity contribution in [2.45, 2.75) is 83.7 Å². The van der Waals surface area contributed by atoms with Gasteiger partial charge in [0.2, 0.25) is 0 Å². The normalized spacial score (nSPS) is 16.8. The molecular weight excluding hydrogens is 677 g/mol. The SMILES string of the molecule is CC(=O)OC(CNC(=O)OCc1ccc([N+](=O)[O-])cc1)CSC[C@@H]1C[C@@H](O[Si](C)(C)C(C)(C)C)CN1C(=O)OCc1ccc([N+](=O)[O-])cc1. The van der Waals surface area contributed by atoms with E-state index < -0.39 is 42.4 Å². The van der Waals surface area contributed by atoms with Crippen LogP contribution in [-0.4, -0.2) is 84.1 Å². The summed E-state index contributed by atoms with van der Waals surface area (Å²) in [6, 6.07) is 11.2. The maximum absolute atomic E-state index is 13.3. The lowest BCUT2D eigenvalue weighted by Gasteiger charge is -2.38. The molecule has 1 aliphatic rings. The Kier molecular flexibility index (Phi) is 14.0. The smallest absolute Gasteiger partial charge is 0.410 e. The number of carbonyl (C=O) groups is 3. The number of non-ortho nitro benzene ring substituents is 2. The van der Waals surface area contributed by atoms with Gasteiger partial charge in [0.25, 0.3) is 11.4 Å². The van der Waals surface area contributed by atoms with Crippen LogP contribution < -0.4 is 5.32 Å². The van der Waals surface area contributed by atoms with Gasteiger partial charge >= 0.3 is 18.2 Å². The van der Waals surface area contributed by atoms with Crippen LogP contribution in [0.3, 0.4) is 0 Å². The largest absolute Gasteiger partial charge is 0.460 e. The molecule has 0 saturated carbocycles. The zero-order valence-electron chi connectivity index (χ0n) is 28.5. The summed E-state index contributed by atoms with van der Waals surface area (Å²) in [4.78, 5) is 59.9. The molecule has 2 aromatic rings. The summed E-state index contributed by atoms with van der Waals surface area (Å²) in [5, 5.41) is 24.3. The molecule has 1 heterocycles. The quantitative estimate of drug-likeness (QED) is 0.0722. The summed E-state index contributed by atoms with van der Waals surface area (Å²) < 4.78 is 22.9. The molecule has 1 N–H and O–H groups in total. The summed E-state index contributed by atoms with van der Waals surface area (Å²) in [5.74, 6) is 0.275. The molecule has 17 heteroatoms. The lowest BCUT2D eigenvalue weighted by atomic mass is 10.2. The molecule has 49 heavy (non-hydrogen) atoms. The van der Waals surface area contributed by atoms with Crippen molar-refractivity contribution in [3.8, 4) is 0 Å². The summed E-state index contributed by atoms with van der Waals surface area (Å²) in [7, 11) is -2.15. The van der Waals surface area contributed by atoms with E-state index in [0.717, 1.165) is 0 Å². The molecule has 0 spiro atoms. The Bertz CT molecular complexity index is 1470. The van der Waals surface area contributed by atoms with Crippen LogP contribution in [0.2, 0.25) is 18.1 Å². The van der Waals surface area contributed by atoms with E-state index in [4.69, 9.17) is 18.6 Å². The summed E-state index contributed by atoms with van der Waals surface area (Å²) in [5.41, 5.74) is 1.05. The molecule has 1 fully saturated rings. The molecule has 2 aromatic carbocycles. The molecule has 1 aliphatic heterocycles. The van der Waals surface area contributed by atoms with Crippen molar-refractivity contribution in [2.24, 2.45) is 0 Å². The first kappa shape index (κ1) is 39.2. The monoisotopic (exact) mass is 720 g/mol. The van der Waals surface area contributed by atoms with E-state index in [2.05, 4.69) is 39.2 Å². The van der Waals surface area contributed by atoms with Crippen molar-refractivity contribution < 1.29 is 42.9 Å². The van der Waals surface area contributed by atoms with Crippen molar-refractivity contribution in [3.05, 3.63) is 79.9 Å². The Hall–Kier alpha value is -4.22. The Balaban J connectivity index is 1.58. The number of likely N-dealkylation sites (tertiary alicyclic amines) is 1. The maximum Gasteiger partial charge on any atom is 0.410 e. The number of hydrogen-bond donors (Lipinski definition) is 1. The van der Waals surface area contributed by atoms with Gasteiger partial charge in [-0.15, -0.1) is 0 Å². The minimum absolute atomic E-state index is 0.0194. The van der Waals surface area contributed by atoms with Crippen LogP contribution in [0, 0.1) is 20.2 Å². The molecule has 0 aliphatic carbocycles.